The second kappa shape index (κ2) is 9.21. The van der Waals surface area contributed by atoms with E-state index in [1.165, 1.54) is 0 Å². The van der Waals surface area contributed by atoms with Crippen molar-refractivity contribution in [2.75, 3.05) is 19.1 Å². The molecule has 3 rings (SSSR count). The first kappa shape index (κ1) is 21.0. The number of amides is 4. The second-order valence-corrected chi connectivity index (χ2v) is 6.62. The lowest BCUT2D eigenvalue weighted by Crippen LogP contribution is -2.60. The molecular formula is C22H23N3O5. The SMILES string of the molecule is CCC(=NCc1cc(OC)cc(OC)c1)C1C(=O)NC(=O)N(c2ccccc2)C1=O. The van der Waals surface area contributed by atoms with Crippen LogP contribution in [0.25, 0.3) is 0 Å². The summed E-state index contributed by atoms with van der Waals surface area (Å²) in [4.78, 5) is 43.4. The fourth-order valence-corrected chi connectivity index (χ4v) is 3.25. The Morgan fingerprint density at radius 3 is 2.23 bits per heavy atom. The van der Waals surface area contributed by atoms with Gasteiger partial charge in [-0.2, -0.15) is 0 Å². The average Bonchev–Trinajstić information content (AvgIpc) is 2.76. The second-order valence-electron chi connectivity index (χ2n) is 6.62. The maximum absolute atomic E-state index is 13.1. The van der Waals surface area contributed by atoms with Gasteiger partial charge in [-0.1, -0.05) is 25.1 Å². The van der Waals surface area contributed by atoms with Gasteiger partial charge in [-0.3, -0.25) is 19.9 Å². The maximum Gasteiger partial charge on any atom is 0.335 e. The molecule has 1 saturated heterocycles. The number of nitrogens with one attached hydrogen (secondary N) is 1. The fraction of sp³-hybridized carbons (Fsp3) is 0.273. The van der Waals surface area contributed by atoms with E-state index in [0.29, 0.717) is 29.3 Å². The molecule has 1 fully saturated rings. The molecule has 1 atom stereocenters. The first-order chi connectivity index (χ1) is 14.5. The first-order valence-electron chi connectivity index (χ1n) is 9.47. The van der Waals surface area contributed by atoms with Gasteiger partial charge in [0, 0.05) is 11.8 Å². The summed E-state index contributed by atoms with van der Waals surface area (Å²) >= 11 is 0. The molecule has 2 aromatic carbocycles. The molecule has 8 heteroatoms. The Morgan fingerprint density at radius 1 is 1.03 bits per heavy atom. The molecule has 1 N–H and O–H groups in total. The van der Waals surface area contributed by atoms with Crippen molar-refractivity contribution in [2.24, 2.45) is 10.9 Å². The molecule has 1 aliphatic heterocycles. The summed E-state index contributed by atoms with van der Waals surface area (Å²) in [5.74, 6) is -1.21. The molecule has 8 nitrogen and oxygen atoms in total. The van der Waals surface area contributed by atoms with Crippen molar-refractivity contribution in [3.8, 4) is 11.5 Å². The molecular weight excluding hydrogens is 386 g/mol. The molecule has 1 aliphatic rings. The smallest absolute Gasteiger partial charge is 0.335 e. The van der Waals surface area contributed by atoms with Crippen LogP contribution in [0.4, 0.5) is 10.5 Å². The van der Waals surface area contributed by atoms with E-state index in [9.17, 15) is 14.4 Å². The average molecular weight is 409 g/mol. The van der Waals surface area contributed by atoms with Crippen molar-refractivity contribution >= 4 is 29.2 Å². The highest BCUT2D eigenvalue weighted by Gasteiger charge is 2.43. The molecule has 0 spiro atoms. The normalized spacial score (nSPS) is 17.0. The van der Waals surface area contributed by atoms with Crippen LogP contribution in [0.15, 0.2) is 53.5 Å². The predicted molar refractivity (Wildman–Crippen MR) is 112 cm³/mol. The zero-order valence-electron chi connectivity index (χ0n) is 17.0. The Kier molecular flexibility index (Phi) is 6.46. The number of aliphatic imine (C=N–C) groups is 1. The van der Waals surface area contributed by atoms with E-state index < -0.39 is 23.8 Å². The Hall–Kier alpha value is -3.68. The first-order valence-corrected chi connectivity index (χ1v) is 9.47. The molecule has 2 aromatic rings. The van der Waals surface area contributed by atoms with E-state index in [2.05, 4.69) is 10.3 Å². The van der Waals surface area contributed by atoms with Crippen molar-refractivity contribution < 1.29 is 23.9 Å². The number of anilines is 1. The van der Waals surface area contributed by atoms with E-state index in [1.807, 2.05) is 19.1 Å². The maximum atomic E-state index is 13.1. The lowest BCUT2D eigenvalue weighted by Gasteiger charge is -2.30. The van der Waals surface area contributed by atoms with Crippen LogP contribution in [0.3, 0.4) is 0 Å². The molecule has 1 heterocycles. The van der Waals surface area contributed by atoms with Crippen molar-refractivity contribution in [3.63, 3.8) is 0 Å². The van der Waals surface area contributed by atoms with Crippen LogP contribution in [-0.4, -0.2) is 37.8 Å². The van der Waals surface area contributed by atoms with Gasteiger partial charge >= 0.3 is 6.03 Å². The molecule has 1 unspecified atom stereocenters. The third-order valence-electron chi connectivity index (χ3n) is 4.75. The topological polar surface area (TPSA) is 97.3 Å². The van der Waals surface area contributed by atoms with Crippen molar-refractivity contribution in [1.29, 1.82) is 0 Å². The number of ether oxygens (including phenoxy) is 2. The summed E-state index contributed by atoms with van der Waals surface area (Å²) in [6.45, 7) is 2.04. The molecule has 156 valence electrons. The van der Waals surface area contributed by atoms with Gasteiger partial charge in [-0.05, 0) is 36.2 Å². The summed E-state index contributed by atoms with van der Waals surface area (Å²) in [6.07, 6.45) is 0.377. The number of nitrogens with zero attached hydrogens (tertiary/aromatic N) is 2. The van der Waals surface area contributed by atoms with Gasteiger partial charge in [-0.15, -0.1) is 0 Å². The van der Waals surface area contributed by atoms with E-state index in [0.717, 1.165) is 10.5 Å². The minimum Gasteiger partial charge on any atom is -0.497 e. The number of hydrogen-bond acceptors (Lipinski definition) is 6. The van der Waals surface area contributed by atoms with Gasteiger partial charge in [0.2, 0.25) is 5.91 Å². The Bertz CT molecular complexity index is 965. The minimum atomic E-state index is -1.17. The highest BCUT2D eigenvalue weighted by Crippen LogP contribution is 2.25. The predicted octanol–water partition coefficient (Wildman–Crippen LogP) is 2.95. The summed E-state index contributed by atoms with van der Waals surface area (Å²) in [5, 5.41) is 2.26. The Balaban J connectivity index is 1.90. The molecule has 0 bridgehead atoms. The fourth-order valence-electron chi connectivity index (χ4n) is 3.25. The van der Waals surface area contributed by atoms with Crippen LogP contribution >= 0.6 is 0 Å². The van der Waals surface area contributed by atoms with Crippen molar-refractivity contribution in [1.82, 2.24) is 5.32 Å². The summed E-state index contributed by atoms with van der Waals surface area (Å²) in [7, 11) is 3.11. The van der Waals surface area contributed by atoms with Crippen LogP contribution in [0.1, 0.15) is 18.9 Å². The quantitative estimate of drug-likeness (QED) is 0.560. The highest BCUT2D eigenvalue weighted by molar-refractivity contribution is 6.35. The molecule has 4 amide bonds. The monoisotopic (exact) mass is 409 g/mol. The number of carbonyl (C=O) groups excluding carboxylic acids is 3. The van der Waals surface area contributed by atoms with Gasteiger partial charge in [-0.25, -0.2) is 9.69 Å². The van der Waals surface area contributed by atoms with Crippen molar-refractivity contribution in [2.45, 2.75) is 19.9 Å². The summed E-state index contributed by atoms with van der Waals surface area (Å²) in [5.41, 5.74) is 1.59. The summed E-state index contributed by atoms with van der Waals surface area (Å²) < 4.78 is 10.5. The van der Waals surface area contributed by atoms with E-state index in [-0.39, 0.29) is 6.54 Å². The molecule has 0 radical (unpaired) electrons. The number of hydrogen-bond donors (Lipinski definition) is 1. The molecule has 30 heavy (non-hydrogen) atoms. The van der Waals surface area contributed by atoms with Gasteiger partial charge < -0.3 is 9.47 Å². The largest absolute Gasteiger partial charge is 0.497 e. The molecule has 0 saturated carbocycles. The lowest BCUT2D eigenvalue weighted by atomic mass is 9.96. The third-order valence-corrected chi connectivity index (χ3v) is 4.75. The van der Waals surface area contributed by atoms with Crippen LogP contribution in [0, 0.1) is 5.92 Å². The van der Waals surface area contributed by atoms with E-state index >= 15 is 0 Å². The third kappa shape index (κ3) is 4.32. The standard InChI is InChI=1S/C22H23N3O5/c1-4-18(23-13-14-10-16(29-2)12-17(11-14)30-3)19-20(26)24-22(28)25(21(19)27)15-8-6-5-7-9-15/h5-12,19H,4,13H2,1-3H3,(H,24,26,28). The lowest BCUT2D eigenvalue weighted by molar-refractivity contribution is -0.131. The number of barbiturate groups is 1. The zero-order valence-corrected chi connectivity index (χ0v) is 17.0. The Morgan fingerprint density at radius 2 is 1.67 bits per heavy atom. The van der Waals surface area contributed by atoms with Gasteiger partial charge in [0.25, 0.3) is 5.91 Å². The van der Waals surface area contributed by atoms with E-state index in [4.69, 9.17) is 9.47 Å². The zero-order chi connectivity index (χ0) is 21.7. The van der Waals surface area contributed by atoms with Crippen LogP contribution in [-0.2, 0) is 16.1 Å². The minimum absolute atomic E-state index is 0.229. The number of imide groups is 2. The van der Waals surface area contributed by atoms with Crippen LogP contribution in [0.2, 0.25) is 0 Å². The number of methoxy groups -OCH3 is 2. The van der Waals surface area contributed by atoms with E-state index in [1.54, 1.807) is 50.6 Å². The van der Waals surface area contributed by atoms with Gasteiger partial charge in [0.1, 0.15) is 11.5 Å². The number of benzene rings is 2. The van der Waals surface area contributed by atoms with Gasteiger partial charge in [0.15, 0.2) is 5.92 Å². The number of urea groups is 1. The van der Waals surface area contributed by atoms with Gasteiger partial charge in [0.05, 0.1) is 26.5 Å². The highest BCUT2D eigenvalue weighted by atomic mass is 16.5. The number of para-hydroxylation sites is 1. The Labute approximate surface area is 174 Å². The number of carbonyl (C=O) groups is 3. The van der Waals surface area contributed by atoms with Crippen LogP contribution in [0.5, 0.6) is 11.5 Å². The van der Waals surface area contributed by atoms with Crippen LogP contribution < -0.4 is 19.7 Å². The van der Waals surface area contributed by atoms with Crippen molar-refractivity contribution in [3.05, 3.63) is 54.1 Å². The summed E-state index contributed by atoms with van der Waals surface area (Å²) in [6, 6.07) is 13.1. The number of rotatable bonds is 7. The molecule has 0 aliphatic carbocycles. The molecule has 0 aromatic heterocycles.